The van der Waals surface area contributed by atoms with Crippen LogP contribution in [0.2, 0.25) is 5.02 Å². The van der Waals surface area contributed by atoms with E-state index in [1.807, 2.05) is 24.4 Å². The van der Waals surface area contributed by atoms with Gasteiger partial charge in [-0.2, -0.15) is 0 Å². The van der Waals surface area contributed by atoms with Crippen molar-refractivity contribution >= 4 is 28.2 Å². The minimum atomic E-state index is -0.489. The molecule has 2 N–H and O–H groups in total. The Balaban J connectivity index is 1.41. The second-order valence-corrected chi connectivity index (χ2v) is 7.46. The first-order chi connectivity index (χ1) is 12.6. The number of rotatable bonds is 4. The largest absolute Gasteiger partial charge is 0.387 e. The van der Waals surface area contributed by atoms with Gasteiger partial charge in [-0.15, -0.1) is 0 Å². The summed E-state index contributed by atoms with van der Waals surface area (Å²) in [6.07, 6.45) is 1.45. The molecule has 1 atom stereocenters. The van der Waals surface area contributed by atoms with Crippen molar-refractivity contribution in [3.8, 4) is 0 Å². The molecule has 1 aliphatic heterocycles. The van der Waals surface area contributed by atoms with Crippen LogP contribution in [-0.4, -0.2) is 47.7 Å². The SMILES string of the molecule is Cc1ccc2[nH]cc([C@@H](O)CN3CCN(c4ccccc4Cl)CC3)c2c1. The molecule has 0 saturated carbocycles. The number of hydrogen-bond donors (Lipinski definition) is 2. The maximum Gasteiger partial charge on any atom is 0.0937 e. The molecule has 5 heteroatoms. The average Bonchev–Trinajstić information content (AvgIpc) is 3.06. The highest BCUT2D eigenvalue weighted by Crippen LogP contribution is 2.28. The molecule has 26 heavy (non-hydrogen) atoms. The van der Waals surface area contributed by atoms with Crippen LogP contribution in [-0.2, 0) is 0 Å². The lowest BCUT2D eigenvalue weighted by molar-refractivity contribution is 0.110. The van der Waals surface area contributed by atoms with Gasteiger partial charge in [0.05, 0.1) is 16.8 Å². The zero-order valence-electron chi connectivity index (χ0n) is 15.0. The number of H-pyrrole nitrogens is 1. The zero-order chi connectivity index (χ0) is 18.1. The van der Waals surface area contributed by atoms with Crippen LogP contribution in [0.5, 0.6) is 0 Å². The molecule has 4 rings (SSSR count). The van der Waals surface area contributed by atoms with E-state index >= 15 is 0 Å². The molecule has 136 valence electrons. The minimum Gasteiger partial charge on any atom is -0.387 e. The summed E-state index contributed by atoms with van der Waals surface area (Å²) < 4.78 is 0. The van der Waals surface area contributed by atoms with E-state index in [2.05, 4.69) is 46.0 Å². The van der Waals surface area contributed by atoms with E-state index in [-0.39, 0.29) is 0 Å². The number of halogens is 1. The van der Waals surface area contributed by atoms with Crippen molar-refractivity contribution in [2.24, 2.45) is 0 Å². The Morgan fingerprint density at radius 3 is 2.65 bits per heavy atom. The maximum atomic E-state index is 10.8. The smallest absolute Gasteiger partial charge is 0.0937 e. The van der Waals surface area contributed by atoms with Crippen molar-refractivity contribution in [1.29, 1.82) is 0 Å². The Labute approximate surface area is 159 Å². The van der Waals surface area contributed by atoms with Crippen molar-refractivity contribution in [2.45, 2.75) is 13.0 Å². The van der Waals surface area contributed by atoms with Gasteiger partial charge < -0.3 is 15.0 Å². The van der Waals surface area contributed by atoms with Crippen LogP contribution in [0.15, 0.2) is 48.7 Å². The summed E-state index contributed by atoms with van der Waals surface area (Å²) in [6, 6.07) is 14.3. The van der Waals surface area contributed by atoms with Gasteiger partial charge in [0.1, 0.15) is 0 Å². The molecule has 0 radical (unpaired) electrons. The van der Waals surface area contributed by atoms with Crippen LogP contribution in [0.25, 0.3) is 10.9 Å². The number of aliphatic hydroxyl groups is 1. The predicted octanol–water partition coefficient (Wildman–Crippen LogP) is 3.99. The molecule has 4 nitrogen and oxygen atoms in total. The normalized spacial score (nSPS) is 17.0. The second kappa shape index (κ2) is 7.31. The van der Waals surface area contributed by atoms with E-state index in [0.29, 0.717) is 6.54 Å². The molecule has 2 aromatic carbocycles. The number of anilines is 1. The highest BCUT2D eigenvalue weighted by atomic mass is 35.5. The van der Waals surface area contributed by atoms with Gasteiger partial charge in [0.15, 0.2) is 0 Å². The molecule has 1 fully saturated rings. The Hall–Kier alpha value is -2.01. The number of aryl methyl sites for hydroxylation is 1. The van der Waals surface area contributed by atoms with Crippen molar-refractivity contribution in [3.63, 3.8) is 0 Å². The Kier molecular flexibility index (Phi) is 4.90. The Morgan fingerprint density at radius 1 is 1.12 bits per heavy atom. The van der Waals surface area contributed by atoms with Crippen molar-refractivity contribution < 1.29 is 5.11 Å². The molecular weight excluding hydrogens is 346 g/mol. The van der Waals surface area contributed by atoms with Gasteiger partial charge in [0.2, 0.25) is 0 Å². The van der Waals surface area contributed by atoms with E-state index in [0.717, 1.165) is 53.4 Å². The van der Waals surface area contributed by atoms with Gasteiger partial charge >= 0.3 is 0 Å². The molecule has 0 bridgehead atoms. The molecule has 1 aromatic heterocycles. The van der Waals surface area contributed by atoms with Gasteiger partial charge in [0, 0.05) is 55.4 Å². The first kappa shape index (κ1) is 17.4. The quantitative estimate of drug-likeness (QED) is 0.730. The van der Waals surface area contributed by atoms with Crippen LogP contribution in [0.1, 0.15) is 17.2 Å². The number of nitrogens with one attached hydrogen (secondary N) is 1. The highest BCUT2D eigenvalue weighted by Gasteiger charge is 2.22. The molecule has 0 amide bonds. The van der Waals surface area contributed by atoms with Gasteiger partial charge in [0.25, 0.3) is 0 Å². The van der Waals surface area contributed by atoms with E-state index in [4.69, 9.17) is 11.6 Å². The fourth-order valence-electron chi connectivity index (χ4n) is 3.75. The number of nitrogens with zero attached hydrogens (tertiary/aromatic N) is 2. The zero-order valence-corrected chi connectivity index (χ0v) is 15.7. The highest BCUT2D eigenvalue weighted by molar-refractivity contribution is 6.33. The summed E-state index contributed by atoms with van der Waals surface area (Å²) in [4.78, 5) is 7.91. The Morgan fingerprint density at radius 2 is 1.88 bits per heavy atom. The van der Waals surface area contributed by atoms with E-state index in [1.54, 1.807) is 0 Å². The van der Waals surface area contributed by atoms with E-state index < -0.39 is 6.10 Å². The van der Waals surface area contributed by atoms with Crippen molar-refractivity contribution in [3.05, 3.63) is 64.8 Å². The van der Waals surface area contributed by atoms with Gasteiger partial charge in [-0.1, -0.05) is 35.4 Å². The first-order valence-electron chi connectivity index (χ1n) is 9.09. The summed E-state index contributed by atoms with van der Waals surface area (Å²) in [5.74, 6) is 0. The third-order valence-corrected chi connectivity index (χ3v) is 5.54. The summed E-state index contributed by atoms with van der Waals surface area (Å²) in [6.45, 7) is 6.41. The standard InChI is InChI=1S/C21H24ClN3O/c1-15-6-7-19-16(12-15)17(13-23-19)21(26)14-24-8-10-25(11-9-24)20-5-3-2-4-18(20)22/h2-7,12-13,21,23,26H,8-11,14H2,1H3/t21-/m0/s1. The predicted molar refractivity (Wildman–Crippen MR) is 108 cm³/mol. The van der Waals surface area contributed by atoms with E-state index in [1.165, 1.54) is 5.56 Å². The molecule has 3 aromatic rings. The number of aromatic amines is 1. The summed E-state index contributed by atoms with van der Waals surface area (Å²) in [5, 5.41) is 12.7. The number of para-hydroxylation sites is 1. The number of hydrogen-bond acceptors (Lipinski definition) is 3. The lowest BCUT2D eigenvalue weighted by atomic mass is 10.1. The van der Waals surface area contributed by atoms with Crippen LogP contribution >= 0.6 is 11.6 Å². The van der Waals surface area contributed by atoms with Gasteiger partial charge in [-0.05, 0) is 31.2 Å². The molecular formula is C21H24ClN3O. The average molecular weight is 370 g/mol. The monoisotopic (exact) mass is 369 g/mol. The maximum absolute atomic E-state index is 10.8. The van der Waals surface area contributed by atoms with Gasteiger partial charge in [-0.25, -0.2) is 0 Å². The first-order valence-corrected chi connectivity index (χ1v) is 9.47. The summed E-state index contributed by atoms with van der Waals surface area (Å²) in [7, 11) is 0. The molecule has 0 unspecified atom stereocenters. The minimum absolute atomic E-state index is 0.489. The molecule has 1 saturated heterocycles. The van der Waals surface area contributed by atoms with Crippen LogP contribution in [0.4, 0.5) is 5.69 Å². The summed E-state index contributed by atoms with van der Waals surface area (Å²) in [5.41, 5.74) is 4.37. The lowest BCUT2D eigenvalue weighted by Crippen LogP contribution is -2.47. The number of benzene rings is 2. The van der Waals surface area contributed by atoms with Crippen LogP contribution in [0.3, 0.4) is 0 Å². The number of fused-ring (bicyclic) bond motifs is 1. The topological polar surface area (TPSA) is 42.5 Å². The molecule has 2 heterocycles. The van der Waals surface area contributed by atoms with E-state index in [9.17, 15) is 5.11 Å². The molecule has 0 aliphatic carbocycles. The van der Waals surface area contributed by atoms with Crippen molar-refractivity contribution in [2.75, 3.05) is 37.6 Å². The number of aliphatic hydroxyl groups excluding tert-OH is 1. The fraction of sp³-hybridized carbons (Fsp3) is 0.333. The number of aromatic nitrogens is 1. The Bertz CT molecular complexity index is 899. The third-order valence-electron chi connectivity index (χ3n) is 5.22. The fourth-order valence-corrected chi connectivity index (χ4v) is 4.01. The van der Waals surface area contributed by atoms with Gasteiger partial charge in [-0.3, -0.25) is 4.90 Å². The molecule has 0 spiro atoms. The lowest BCUT2D eigenvalue weighted by Gasteiger charge is -2.37. The number of piperazine rings is 1. The summed E-state index contributed by atoms with van der Waals surface area (Å²) >= 11 is 6.32. The number of β-amino-alcohol motifs (C(OH)–C–C–N with tert-alkyl or cyclic N) is 1. The second-order valence-electron chi connectivity index (χ2n) is 7.05. The third kappa shape index (κ3) is 3.45. The van der Waals surface area contributed by atoms with Crippen molar-refractivity contribution in [1.82, 2.24) is 9.88 Å². The van der Waals surface area contributed by atoms with Crippen LogP contribution < -0.4 is 4.90 Å². The molecule has 1 aliphatic rings. The van der Waals surface area contributed by atoms with Crippen LogP contribution in [0, 0.1) is 6.92 Å².